The highest BCUT2D eigenvalue weighted by Gasteiger charge is 2.43. The predicted molar refractivity (Wildman–Crippen MR) is 79.4 cm³/mol. The van der Waals surface area contributed by atoms with Gasteiger partial charge in [-0.05, 0) is 30.4 Å². The number of rotatable bonds is 4. The van der Waals surface area contributed by atoms with Crippen LogP contribution in [-0.4, -0.2) is 40.1 Å². The smallest absolute Gasteiger partial charge is 0.330 e. The van der Waals surface area contributed by atoms with Gasteiger partial charge in [-0.25, -0.2) is 9.59 Å². The molecule has 2 rings (SSSR count). The Morgan fingerprint density at radius 3 is 2.67 bits per heavy atom. The van der Waals surface area contributed by atoms with E-state index in [1.165, 1.54) is 17.8 Å². The Labute approximate surface area is 125 Å². The lowest BCUT2D eigenvalue weighted by molar-refractivity contribution is -0.143. The number of thioether (sulfide) groups is 1. The van der Waals surface area contributed by atoms with E-state index in [9.17, 15) is 19.5 Å². The molecule has 1 aromatic carbocycles. The molecular weight excluding hydrogens is 294 g/mol. The van der Waals surface area contributed by atoms with Crippen LogP contribution >= 0.6 is 11.8 Å². The summed E-state index contributed by atoms with van der Waals surface area (Å²) in [5.41, 5.74) is 4.42. The Hall–Kier alpha value is -2.22. The van der Waals surface area contributed by atoms with Gasteiger partial charge in [-0.1, -0.05) is 6.07 Å². The number of hydrogen-bond acceptors (Lipinski definition) is 4. The zero-order valence-electron chi connectivity index (χ0n) is 11.1. The molecule has 1 aliphatic rings. The molecule has 1 saturated heterocycles. The summed E-state index contributed by atoms with van der Waals surface area (Å²) in [6.07, 6.45) is 0.387. The minimum atomic E-state index is -1.23. The number of nitrogens with two attached hydrogens (primary N) is 1. The van der Waals surface area contributed by atoms with Crippen LogP contribution in [0, 0.1) is 0 Å². The molecule has 0 aliphatic carbocycles. The van der Waals surface area contributed by atoms with Gasteiger partial charge in [0.25, 0.3) is 5.91 Å². The molecule has 21 heavy (non-hydrogen) atoms. The van der Waals surface area contributed by atoms with Gasteiger partial charge in [0.2, 0.25) is 0 Å². The fourth-order valence-corrected chi connectivity index (χ4v) is 3.38. The number of amides is 3. The Morgan fingerprint density at radius 2 is 2.10 bits per heavy atom. The number of aliphatic carboxylic acids is 1. The summed E-state index contributed by atoms with van der Waals surface area (Å²) >= 11 is 1.49. The first-order valence-electron chi connectivity index (χ1n) is 6.23. The number of nitrogens with one attached hydrogen (secondary N) is 2. The van der Waals surface area contributed by atoms with Crippen molar-refractivity contribution in [3.05, 3.63) is 29.8 Å². The average Bonchev–Trinajstić information content (AvgIpc) is 2.88. The molecule has 5 N–H and O–H groups in total. The summed E-state index contributed by atoms with van der Waals surface area (Å²) in [5, 5.41) is 14.3. The Morgan fingerprint density at radius 1 is 1.33 bits per heavy atom. The zero-order chi connectivity index (χ0) is 15.5. The third-order valence-electron chi connectivity index (χ3n) is 3.18. The maximum Gasteiger partial charge on any atom is 0.330 e. The molecule has 1 fully saturated rings. The van der Waals surface area contributed by atoms with E-state index in [4.69, 9.17) is 5.73 Å². The molecule has 7 nitrogen and oxygen atoms in total. The van der Waals surface area contributed by atoms with Gasteiger partial charge >= 0.3 is 12.0 Å². The normalized spacial score (nSPS) is 20.8. The number of benzene rings is 1. The molecule has 8 heteroatoms. The van der Waals surface area contributed by atoms with E-state index >= 15 is 0 Å². The summed E-state index contributed by atoms with van der Waals surface area (Å²) in [6, 6.07) is 5.41. The number of carboxylic acids is 1. The first-order valence-corrected chi connectivity index (χ1v) is 7.39. The minimum absolute atomic E-state index is 0.263. The number of carbonyl (C=O) groups excluding carboxylic acids is 2. The van der Waals surface area contributed by atoms with E-state index < -0.39 is 23.4 Å². The zero-order valence-corrected chi connectivity index (χ0v) is 11.9. The number of hydrogen-bond donors (Lipinski definition) is 4. The Bertz CT molecular complexity index is 585. The molecule has 3 amide bonds. The van der Waals surface area contributed by atoms with Gasteiger partial charge in [0.05, 0.1) is 0 Å². The molecule has 0 spiro atoms. The molecular formula is C13H15N3O4S. The molecule has 112 valence electrons. The summed E-state index contributed by atoms with van der Waals surface area (Å²) < 4.78 is 0. The molecule has 1 aromatic rings. The van der Waals surface area contributed by atoms with Crippen LogP contribution in [0.5, 0.6) is 0 Å². The summed E-state index contributed by atoms with van der Waals surface area (Å²) in [4.78, 5) is 34.4. The van der Waals surface area contributed by atoms with E-state index in [1.807, 2.05) is 0 Å². The summed E-state index contributed by atoms with van der Waals surface area (Å²) in [5.74, 6) is -0.497. The van der Waals surface area contributed by atoms with Crippen molar-refractivity contribution in [1.82, 2.24) is 5.32 Å². The van der Waals surface area contributed by atoms with Crippen molar-refractivity contribution in [1.29, 1.82) is 0 Å². The largest absolute Gasteiger partial charge is 0.479 e. The fourth-order valence-electron chi connectivity index (χ4n) is 2.06. The highest BCUT2D eigenvalue weighted by atomic mass is 32.2. The molecule has 1 heterocycles. The van der Waals surface area contributed by atoms with Crippen LogP contribution in [0.15, 0.2) is 24.3 Å². The van der Waals surface area contributed by atoms with Crippen LogP contribution in [-0.2, 0) is 4.79 Å². The van der Waals surface area contributed by atoms with Gasteiger partial charge in [0, 0.05) is 17.0 Å². The number of anilines is 1. The van der Waals surface area contributed by atoms with Gasteiger partial charge in [-0.3, -0.25) is 4.79 Å². The number of carbonyl (C=O) groups is 3. The van der Waals surface area contributed by atoms with E-state index in [1.54, 1.807) is 18.2 Å². The van der Waals surface area contributed by atoms with Crippen LogP contribution < -0.4 is 16.4 Å². The van der Waals surface area contributed by atoms with Crippen molar-refractivity contribution >= 4 is 35.4 Å². The van der Waals surface area contributed by atoms with Crippen molar-refractivity contribution < 1.29 is 19.5 Å². The molecule has 1 unspecified atom stereocenters. The monoisotopic (exact) mass is 309 g/mol. The second-order valence-electron chi connectivity index (χ2n) is 4.71. The van der Waals surface area contributed by atoms with Gasteiger partial charge in [-0.2, -0.15) is 11.8 Å². The van der Waals surface area contributed by atoms with Gasteiger partial charge in [0.15, 0.2) is 0 Å². The molecule has 0 aromatic heterocycles. The average molecular weight is 309 g/mol. The topological polar surface area (TPSA) is 122 Å². The summed E-state index contributed by atoms with van der Waals surface area (Å²) in [7, 11) is 0. The van der Waals surface area contributed by atoms with Crippen LogP contribution in [0.25, 0.3) is 0 Å². The van der Waals surface area contributed by atoms with Crippen molar-refractivity contribution in [2.24, 2.45) is 5.73 Å². The van der Waals surface area contributed by atoms with E-state index in [0.29, 0.717) is 23.6 Å². The standard InChI is InChI=1S/C13H15N3O4S/c14-12(20)15-9-3-1-2-8(6-9)10(17)16-13(11(18)19)4-5-21-7-13/h1-3,6H,4-5,7H2,(H,16,17)(H,18,19)(H3,14,15,20). The van der Waals surface area contributed by atoms with Crippen molar-refractivity contribution in [3.8, 4) is 0 Å². The first-order chi connectivity index (χ1) is 9.93. The van der Waals surface area contributed by atoms with E-state index in [0.717, 1.165) is 0 Å². The molecule has 1 atom stereocenters. The minimum Gasteiger partial charge on any atom is -0.479 e. The van der Waals surface area contributed by atoms with Crippen molar-refractivity contribution in [2.75, 3.05) is 16.8 Å². The highest BCUT2D eigenvalue weighted by Crippen LogP contribution is 2.28. The van der Waals surface area contributed by atoms with Gasteiger partial charge < -0.3 is 21.5 Å². The first kappa shape index (κ1) is 15.2. The predicted octanol–water partition coefficient (Wildman–Crippen LogP) is 0.867. The van der Waals surface area contributed by atoms with Crippen LogP contribution in [0.2, 0.25) is 0 Å². The van der Waals surface area contributed by atoms with Crippen LogP contribution in [0.3, 0.4) is 0 Å². The summed E-state index contributed by atoms with van der Waals surface area (Å²) in [6.45, 7) is 0. The molecule has 1 aliphatic heterocycles. The third-order valence-corrected chi connectivity index (χ3v) is 4.37. The number of urea groups is 1. The number of primary amides is 1. The SMILES string of the molecule is NC(=O)Nc1cccc(C(=O)NC2(C(=O)O)CCSC2)c1. The second kappa shape index (κ2) is 6.04. The van der Waals surface area contributed by atoms with E-state index in [2.05, 4.69) is 10.6 Å². The molecule has 0 radical (unpaired) electrons. The maximum absolute atomic E-state index is 12.2. The van der Waals surface area contributed by atoms with Gasteiger partial charge in [0.1, 0.15) is 5.54 Å². The lowest BCUT2D eigenvalue weighted by atomic mass is 9.98. The third kappa shape index (κ3) is 3.46. The van der Waals surface area contributed by atoms with Gasteiger partial charge in [-0.15, -0.1) is 0 Å². The fraction of sp³-hybridized carbons (Fsp3) is 0.308. The lowest BCUT2D eigenvalue weighted by Gasteiger charge is -2.24. The molecule has 0 saturated carbocycles. The Kier molecular flexibility index (Phi) is 4.37. The quantitative estimate of drug-likeness (QED) is 0.657. The van der Waals surface area contributed by atoms with Crippen LogP contribution in [0.1, 0.15) is 16.8 Å². The highest BCUT2D eigenvalue weighted by molar-refractivity contribution is 7.99. The second-order valence-corrected chi connectivity index (χ2v) is 5.82. The van der Waals surface area contributed by atoms with Crippen molar-refractivity contribution in [2.45, 2.75) is 12.0 Å². The maximum atomic E-state index is 12.2. The van der Waals surface area contributed by atoms with E-state index in [-0.39, 0.29) is 5.56 Å². The lowest BCUT2D eigenvalue weighted by Crippen LogP contribution is -2.54. The molecule has 0 bridgehead atoms. The Balaban J connectivity index is 2.16. The van der Waals surface area contributed by atoms with Crippen molar-refractivity contribution in [3.63, 3.8) is 0 Å². The number of carboxylic acid groups (broad SMARTS) is 1. The van der Waals surface area contributed by atoms with Crippen LogP contribution in [0.4, 0.5) is 10.5 Å².